The van der Waals surface area contributed by atoms with Crippen molar-refractivity contribution in [3.8, 4) is 11.8 Å². The minimum Gasteiger partial charge on any atom is -0.395 e. The molecule has 0 radical (unpaired) electrons. The molecule has 3 nitrogen and oxygen atoms in total. The van der Waals surface area contributed by atoms with Crippen molar-refractivity contribution in [3.05, 3.63) is 0 Å². The average molecular weight is 375 g/mol. The van der Waals surface area contributed by atoms with Gasteiger partial charge in [-0.25, -0.2) is 0 Å². The van der Waals surface area contributed by atoms with Crippen LogP contribution in [0.25, 0.3) is 0 Å². The first-order valence-electron chi connectivity index (χ1n) is 11.2. The van der Waals surface area contributed by atoms with Gasteiger partial charge in [-0.05, 0) is 92.3 Å². The summed E-state index contributed by atoms with van der Waals surface area (Å²) in [5, 5.41) is 20.0. The summed E-state index contributed by atoms with van der Waals surface area (Å²) in [7, 11) is 1.91. The molecule has 8 atom stereocenters. The van der Waals surface area contributed by atoms with Crippen LogP contribution in [0.15, 0.2) is 0 Å². The summed E-state index contributed by atoms with van der Waals surface area (Å²) in [5.41, 5.74) is -0.0888. The molecule has 4 fully saturated rings. The van der Waals surface area contributed by atoms with Gasteiger partial charge in [0.1, 0.15) is 5.60 Å². The van der Waals surface area contributed by atoms with Crippen LogP contribution in [0.2, 0.25) is 0 Å². The summed E-state index contributed by atoms with van der Waals surface area (Å²) in [6, 6.07) is 0. The molecule has 0 unspecified atom stereocenters. The lowest BCUT2D eigenvalue weighted by molar-refractivity contribution is -0.146. The second kappa shape index (κ2) is 7.05. The van der Waals surface area contributed by atoms with Crippen LogP contribution in [0.3, 0.4) is 0 Å². The van der Waals surface area contributed by atoms with Crippen LogP contribution < -0.4 is 0 Å². The molecule has 4 aliphatic carbocycles. The van der Waals surface area contributed by atoms with E-state index in [-0.39, 0.29) is 6.61 Å². The molecule has 4 aliphatic rings. The van der Waals surface area contributed by atoms with E-state index >= 15 is 0 Å². The largest absolute Gasteiger partial charge is 0.395 e. The number of methoxy groups -OCH3 is 1. The smallest absolute Gasteiger partial charge is 0.125 e. The number of hydrogen-bond acceptors (Lipinski definition) is 3. The normalized spacial score (nSPS) is 51.5. The second-order valence-electron chi connectivity index (χ2n) is 10.5. The summed E-state index contributed by atoms with van der Waals surface area (Å²) in [6.07, 6.45) is 11.4. The second-order valence-corrected chi connectivity index (χ2v) is 10.5. The number of aliphatic hydroxyl groups is 2. The van der Waals surface area contributed by atoms with Crippen molar-refractivity contribution in [1.82, 2.24) is 0 Å². The van der Waals surface area contributed by atoms with Gasteiger partial charge in [0.15, 0.2) is 0 Å². The molecule has 0 amide bonds. The Kier molecular flexibility index (Phi) is 5.15. The van der Waals surface area contributed by atoms with Crippen LogP contribution >= 0.6 is 0 Å². The van der Waals surface area contributed by atoms with Gasteiger partial charge < -0.3 is 14.9 Å². The first-order chi connectivity index (χ1) is 12.9. The number of ether oxygens (including phenoxy) is 1. The molecule has 0 aromatic heterocycles. The fourth-order valence-corrected chi connectivity index (χ4v) is 7.98. The summed E-state index contributed by atoms with van der Waals surface area (Å²) >= 11 is 0. The van der Waals surface area contributed by atoms with Crippen LogP contribution in [0.1, 0.15) is 78.1 Å². The standard InChI is InChI=1S/C24H38O3/c1-22-13-14-24(26,11-4-5-15-25)16-17(22)6-7-18-19-8-9-21(27-3)23(19,2)12-10-20(18)22/h17-21,25-26H,5-10,12-16H2,1-3H3/t17-,18-,19-,20-,21-,22-,23-,24-/m0/s1. The molecule has 2 N–H and O–H groups in total. The Morgan fingerprint density at radius 2 is 1.74 bits per heavy atom. The van der Waals surface area contributed by atoms with Crippen LogP contribution in [0.5, 0.6) is 0 Å². The molecule has 3 heteroatoms. The third-order valence-corrected chi connectivity index (χ3v) is 9.48. The van der Waals surface area contributed by atoms with Crippen molar-refractivity contribution in [2.75, 3.05) is 13.7 Å². The van der Waals surface area contributed by atoms with Gasteiger partial charge in [0.05, 0.1) is 12.7 Å². The molecule has 0 heterocycles. The van der Waals surface area contributed by atoms with Gasteiger partial charge in [0.2, 0.25) is 0 Å². The minimum atomic E-state index is -0.829. The molecule has 0 bridgehead atoms. The van der Waals surface area contributed by atoms with Crippen molar-refractivity contribution in [2.24, 2.45) is 34.5 Å². The molecule has 0 aromatic rings. The van der Waals surface area contributed by atoms with E-state index in [0.717, 1.165) is 37.0 Å². The topological polar surface area (TPSA) is 49.7 Å². The molecular weight excluding hydrogens is 336 g/mol. The van der Waals surface area contributed by atoms with Crippen LogP contribution in [0, 0.1) is 46.3 Å². The fourth-order valence-electron chi connectivity index (χ4n) is 7.98. The zero-order valence-corrected chi connectivity index (χ0v) is 17.5. The van der Waals surface area contributed by atoms with E-state index in [0.29, 0.717) is 29.3 Å². The van der Waals surface area contributed by atoms with Crippen molar-refractivity contribution < 1.29 is 14.9 Å². The SMILES string of the molecule is CO[C@H]1CC[C@H]2[C@@H]3CC[C@H]4C[C@](O)(C#CCCO)CC[C@]4(C)[C@H]3CC[C@]12C. The molecule has 4 saturated carbocycles. The molecule has 0 aromatic carbocycles. The van der Waals surface area contributed by atoms with Gasteiger partial charge in [-0.1, -0.05) is 25.7 Å². The summed E-state index contributed by atoms with van der Waals surface area (Å²) in [6.45, 7) is 5.11. The fraction of sp³-hybridized carbons (Fsp3) is 0.917. The van der Waals surface area contributed by atoms with Crippen molar-refractivity contribution in [3.63, 3.8) is 0 Å². The van der Waals surface area contributed by atoms with E-state index in [1.807, 2.05) is 7.11 Å². The Bertz CT molecular complexity index is 621. The molecule has 0 saturated heterocycles. The van der Waals surface area contributed by atoms with Gasteiger partial charge in [0, 0.05) is 13.5 Å². The van der Waals surface area contributed by atoms with E-state index < -0.39 is 5.60 Å². The highest BCUT2D eigenvalue weighted by Crippen LogP contribution is 2.67. The Hall–Kier alpha value is -0.560. The van der Waals surface area contributed by atoms with Crippen LogP contribution in [-0.4, -0.2) is 35.6 Å². The molecular formula is C24H38O3. The molecule has 27 heavy (non-hydrogen) atoms. The van der Waals surface area contributed by atoms with Crippen LogP contribution in [-0.2, 0) is 4.74 Å². The highest BCUT2D eigenvalue weighted by atomic mass is 16.5. The van der Waals surface area contributed by atoms with E-state index in [4.69, 9.17) is 9.84 Å². The summed E-state index contributed by atoms with van der Waals surface area (Å²) < 4.78 is 5.90. The van der Waals surface area contributed by atoms with Gasteiger partial charge in [0.25, 0.3) is 0 Å². The Balaban J connectivity index is 1.53. The Morgan fingerprint density at radius 1 is 0.963 bits per heavy atom. The van der Waals surface area contributed by atoms with Crippen molar-refractivity contribution in [2.45, 2.75) is 89.8 Å². The van der Waals surface area contributed by atoms with Gasteiger partial charge >= 0.3 is 0 Å². The highest BCUT2D eigenvalue weighted by molar-refractivity contribution is 5.19. The first kappa shape index (κ1) is 19.7. The number of aliphatic hydroxyl groups excluding tert-OH is 1. The molecule has 4 rings (SSSR count). The maximum atomic E-state index is 11.0. The third kappa shape index (κ3) is 3.07. The van der Waals surface area contributed by atoms with Crippen molar-refractivity contribution >= 4 is 0 Å². The number of rotatable bonds is 2. The molecule has 0 spiro atoms. The van der Waals surface area contributed by atoms with Crippen molar-refractivity contribution in [1.29, 1.82) is 0 Å². The lowest BCUT2D eigenvalue weighted by Gasteiger charge is -2.61. The van der Waals surface area contributed by atoms with Crippen LogP contribution in [0.4, 0.5) is 0 Å². The van der Waals surface area contributed by atoms with Gasteiger partial charge in [-0.3, -0.25) is 0 Å². The summed E-state index contributed by atoms with van der Waals surface area (Å²) in [5.74, 6) is 9.16. The predicted molar refractivity (Wildman–Crippen MR) is 107 cm³/mol. The molecule has 152 valence electrons. The molecule has 0 aliphatic heterocycles. The number of fused-ring (bicyclic) bond motifs is 5. The van der Waals surface area contributed by atoms with Gasteiger partial charge in [-0.15, -0.1) is 0 Å². The number of hydrogen-bond donors (Lipinski definition) is 2. The monoisotopic (exact) mass is 374 g/mol. The average Bonchev–Trinajstić information content (AvgIpc) is 2.99. The summed E-state index contributed by atoms with van der Waals surface area (Å²) in [4.78, 5) is 0. The lowest BCUT2D eigenvalue weighted by Crippen LogP contribution is -2.56. The predicted octanol–water partition coefficient (Wildman–Crippen LogP) is 4.16. The van der Waals surface area contributed by atoms with E-state index in [9.17, 15) is 5.11 Å². The zero-order chi connectivity index (χ0) is 19.3. The zero-order valence-electron chi connectivity index (χ0n) is 17.5. The lowest BCUT2D eigenvalue weighted by atomic mass is 9.44. The quantitative estimate of drug-likeness (QED) is 0.714. The maximum absolute atomic E-state index is 11.0. The first-order valence-corrected chi connectivity index (χ1v) is 11.2. The van der Waals surface area contributed by atoms with E-state index in [1.54, 1.807) is 0 Å². The van der Waals surface area contributed by atoms with E-state index in [1.165, 1.54) is 38.5 Å². The highest BCUT2D eigenvalue weighted by Gasteiger charge is 2.61. The third-order valence-electron chi connectivity index (χ3n) is 9.48. The maximum Gasteiger partial charge on any atom is 0.125 e. The Morgan fingerprint density at radius 3 is 2.48 bits per heavy atom. The minimum absolute atomic E-state index is 0.0800. The Labute approximate surface area is 165 Å². The van der Waals surface area contributed by atoms with Gasteiger partial charge in [-0.2, -0.15) is 0 Å². The van der Waals surface area contributed by atoms with E-state index in [2.05, 4.69) is 25.7 Å².